The Morgan fingerprint density at radius 3 is 2.38 bits per heavy atom. The predicted octanol–water partition coefficient (Wildman–Crippen LogP) is 5.14. The number of hydrogen-bond acceptors (Lipinski definition) is 3. The predicted molar refractivity (Wildman–Crippen MR) is 111 cm³/mol. The number of benzene rings is 3. The molecule has 0 fully saturated rings. The van der Waals surface area contributed by atoms with Crippen molar-refractivity contribution in [3.8, 4) is 11.5 Å². The molecule has 0 saturated heterocycles. The average Bonchev–Trinajstić information content (AvgIpc) is 2.72. The van der Waals surface area contributed by atoms with E-state index in [1.54, 1.807) is 43.3 Å². The van der Waals surface area contributed by atoms with Crippen LogP contribution in [0.1, 0.15) is 18.1 Å². The zero-order valence-electron chi connectivity index (χ0n) is 15.9. The Hall–Kier alpha value is -3.05. The van der Waals surface area contributed by atoms with Crippen molar-refractivity contribution in [2.75, 3.05) is 0 Å². The van der Waals surface area contributed by atoms with Crippen LogP contribution in [0.5, 0.6) is 11.5 Å². The Kier molecular flexibility index (Phi) is 7.09. The summed E-state index contributed by atoms with van der Waals surface area (Å²) in [4.78, 5) is 12.2. The van der Waals surface area contributed by atoms with Gasteiger partial charge in [-0.15, -0.1) is 0 Å². The lowest BCUT2D eigenvalue weighted by atomic mass is 10.2. The SMILES string of the molecule is C[C@H](Oc1cccc(Cl)c1)C(=O)NCc1ccc(OCc2ccc(F)cc2)cc1. The molecule has 6 heteroatoms. The molecule has 0 radical (unpaired) electrons. The molecule has 0 heterocycles. The third kappa shape index (κ3) is 6.50. The second-order valence-electron chi connectivity index (χ2n) is 6.49. The van der Waals surface area contributed by atoms with Crippen LogP contribution in [0.25, 0.3) is 0 Å². The molecular formula is C23H21ClFNO3. The highest BCUT2D eigenvalue weighted by Crippen LogP contribution is 2.18. The summed E-state index contributed by atoms with van der Waals surface area (Å²) in [5.41, 5.74) is 1.82. The average molecular weight is 414 g/mol. The van der Waals surface area contributed by atoms with Gasteiger partial charge >= 0.3 is 0 Å². The standard InChI is InChI=1S/C23H21ClFNO3/c1-16(29-22-4-2-3-19(24)13-22)23(27)26-14-17-7-11-21(12-8-17)28-15-18-5-9-20(25)10-6-18/h2-13,16H,14-15H2,1H3,(H,26,27)/t16-/m0/s1. The zero-order valence-corrected chi connectivity index (χ0v) is 16.7. The summed E-state index contributed by atoms with van der Waals surface area (Å²) in [6, 6.07) is 20.5. The maximum atomic E-state index is 12.9. The van der Waals surface area contributed by atoms with Gasteiger partial charge < -0.3 is 14.8 Å². The highest BCUT2D eigenvalue weighted by Gasteiger charge is 2.14. The van der Waals surface area contributed by atoms with Gasteiger partial charge in [-0.05, 0) is 60.5 Å². The van der Waals surface area contributed by atoms with Crippen LogP contribution in [-0.2, 0) is 17.9 Å². The van der Waals surface area contributed by atoms with Crippen LogP contribution in [0.2, 0.25) is 5.02 Å². The molecular weight excluding hydrogens is 393 g/mol. The molecule has 4 nitrogen and oxygen atoms in total. The molecule has 3 rings (SSSR count). The van der Waals surface area contributed by atoms with Crippen LogP contribution in [0.15, 0.2) is 72.8 Å². The fourth-order valence-electron chi connectivity index (χ4n) is 2.58. The summed E-state index contributed by atoms with van der Waals surface area (Å²) in [5.74, 6) is 0.749. The van der Waals surface area contributed by atoms with Crippen LogP contribution in [0.4, 0.5) is 4.39 Å². The molecule has 0 aliphatic carbocycles. The molecule has 0 saturated carbocycles. The van der Waals surface area contributed by atoms with Crippen molar-refractivity contribution in [3.63, 3.8) is 0 Å². The fraction of sp³-hybridized carbons (Fsp3) is 0.174. The van der Waals surface area contributed by atoms with E-state index in [1.165, 1.54) is 12.1 Å². The monoisotopic (exact) mass is 413 g/mol. The first kappa shape index (κ1) is 20.7. The molecule has 0 bridgehead atoms. The number of rotatable bonds is 8. The summed E-state index contributed by atoms with van der Waals surface area (Å²) < 4.78 is 24.2. The molecule has 0 aliphatic rings. The molecule has 1 atom stereocenters. The van der Waals surface area contributed by atoms with Crippen molar-refractivity contribution >= 4 is 17.5 Å². The lowest BCUT2D eigenvalue weighted by Crippen LogP contribution is -2.35. The van der Waals surface area contributed by atoms with Gasteiger partial charge in [-0.1, -0.05) is 41.9 Å². The fourth-order valence-corrected chi connectivity index (χ4v) is 2.76. The van der Waals surface area contributed by atoms with Gasteiger partial charge in [-0.25, -0.2) is 4.39 Å². The van der Waals surface area contributed by atoms with Gasteiger partial charge in [0.25, 0.3) is 5.91 Å². The van der Waals surface area contributed by atoms with Crippen LogP contribution in [0, 0.1) is 5.82 Å². The summed E-state index contributed by atoms with van der Waals surface area (Å²) in [6.07, 6.45) is -0.646. The van der Waals surface area contributed by atoms with E-state index in [2.05, 4.69) is 5.32 Å². The Bertz CT molecular complexity index is 945. The van der Waals surface area contributed by atoms with Gasteiger partial charge in [0, 0.05) is 11.6 Å². The van der Waals surface area contributed by atoms with Crippen LogP contribution >= 0.6 is 11.6 Å². The van der Waals surface area contributed by atoms with Crippen molar-refractivity contribution in [2.45, 2.75) is 26.2 Å². The molecule has 1 amide bonds. The van der Waals surface area contributed by atoms with E-state index in [4.69, 9.17) is 21.1 Å². The quantitative estimate of drug-likeness (QED) is 0.556. The molecule has 0 spiro atoms. The molecule has 1 N–H and O–H groups in total. The third-order valence-electron chi connectivity index (χ3n) is 4.19. The molecule has 29 heavy (non-hydrogen) atoms. The van der Waals surface area contributed by atoms with E-state index < -0.39 is 6.10 Å². The van der Waals surface area contributed by atoms with Crippen molar-refractivity contribution in [1.29, 1.82) is 0 Å². The van der Waals surface area contributed by atoms with Gasteiger partial charge in [-0.2, -0.15) is 0 Å². The normalized spacial score (nSPS) is 11.6. The minimum absolute atomic E-state index is 0.221. The number of ether oxygens (including phenoxy) is 2. The highest BCUT2D eigenvalue weighted by atomic mass is 35.5. The molecule has 3 aromatic carbocycles. The van der Waals surface area contributed by atoms with E-state index in [0.29, 0.717) is 29.7 Å². The first-order valence-corrected chi connectivity index (χ1v) is 9.53. The van der Waals surface area contributed by atoms with E-state index in [-0.39, 0.29) is 11.7 Å². The number of hydrogen-bond donors (Lipinski definition) is 1. The van der Waals surface area contributed by atoms with E-state index in [1.807, 2.05) is 24.3 Å². The van der Waals surface area contributed by atoms with Crippen molar-refractivity contribution in [1.82, 2.24) is 5.32 Å². The van der Waals surface area contributed by atoms with Gasteiger partial charge in [0.05, 0.1) is 0 Å². The minimum Gasteiger partial charge on any atom is -0.489 e. The molecule has 0 unspecified atom stereocenters. The second-order valence-corrected chi connectivity index (χ2v) is 6.93. The number of halogens is 2. The van der Waals surface area contributed by atoms with Gasteiger partial charge in [0.1, 0.15) is 23.9 Å². The largest absolute Gasteiger partial charge is 0.489 e. The van der Waals surface area contributed by atoms with Crippen LogP contribution in [0.3, 0.4) is 0 Å². The summed E-state index contributed by atoms with van der Waals surface area (Å²) in [5, 5.41) is 3.40. The molecule has 3 aromatic rings. The van der Waals surface area contributed by atoms with Crippen molar-refractivity contribution in [3.05, 3.63) is 94.8 Å². The zero-order chi connectivity index (χ0) is 20.6. The molecule has 0 aliphatic heterocycles. The van der Waals surface area contributed by atoms with Gasteiger partial charge in [0.2, 0.25) is 0 Å². The second kappa shape index (κ2) is 9.94. The first-order chi connectivity index (χ1) is 14.0. The lowest BCUT2D eigenvalue weighted by molar-refractivity contribution is -0.127. The van der Waals surface area contributed by atoms with E-state index in [9.17, 15) is 9.18 Å². The summed E-state index contributed by atoms with van der Waals surface area (Å²) in [7, 11) is 0. The van der Waals surface area contributed by atoms with E-state index in [0.717, 1.165) is 11.1 Å². The Morgan fingerprint density at radius 1 is 1.00 bits per heavy atom. The third-order valence-corrected chi connectivity index (χ3v) is 4.42. The van der Waals surface area contributed by atoms with Crippen LogP contribution in [-0.4, -0.2) is 12.0 Å². The smallest absolute Gasteiger partial charge is 0.261 e. The first-order valence-electron chi connectivity index (χ1n) is 9.16. The van der Waals surface area contributed by atoms with Crippen molar-refractivity contribution < 1.29 is 18.7 Å². The number of amides is 1. The van der Waals surface area contributed by atoms with Gasteiger partial charge in [-0.3, -0.25) is 4.79 Å². The number of carbonyl (C=O) groups excluding carboxylic acids is 1. The highest BCUT2D eigenvalue weighted by molar-refractivity contribution is 6.30. The Morgan fingerprint density at radius 2 is 1.69 bits per heavy atom. The molecule has 150 valence electrons. The number of nitrogens with one attached hydrogen (secondary N) is 1. The maximum Gasteiger partial charge on any atom is 0.261 e. The van der Waals surface area contributed by atoms with E-state index >= 15 is 0 Å². The summed E-state index contributed by atoms with van der Waals surface area (Å²) >= 11 is 5.92. The van der Waals surface area contributed by atoms with Gasteiger partial charge in [0.15, 0.2) is 6.10 Å². The number of carbonyl (C=O) groups is 1. The van der Waals surface area contributed by atoms with Crippen LogP contribution < -0.4 is 14.8 Å². The minimum atomic E-state index is -0.646. The maximum absolute atomic E-state index is 12.9. The lowest BCUT2D eigenvalue weighted by Gasteiger charge is -2.15. The van der Waals surface area contributed by atoms with Crippen molar-refractivity contribution in [2.24, 2.45) is 0 Å². The Balaban J connectivity index is 1.45. The topological polar surface area (TPSA) is 47.6 Å². The molecule has 0 aromatic heterocycles. The Labute approximate surface area is 174 Å². The summed E-state index contributed by atoms with van der Waals surface area (Å²) in [6.45, 7) is 2.41.